The highest BCUT2D eigenvalue weighted by Gasteiger charge is 2.23. The van der Waals surface area contributed by atoms with Gasteiger partial charge in [0.2, 0.25) is 0 Å². The molecule has 78 valence electrons. The highest BCUT2D eigenvalue weighted by atomic mass is 19.1. The largest absolute Gasteiger partial charge is 0.380 e. The van der Waals surface area contributed by atoms with E-state index in [0.717, 1.165) is 12.8 Å². The van der Waals surface area contributed by atoms with Crippen LogP contribution >= 0.6 is 0 Å². The number of nitrogens with two attached hydrogens (primary N) is 1. The van der Waals surface area contributed by atoms with E-state index in [9.17, 15) is 4.39 Å². The van der Waals surface area contributed by atoms with E-state index in [-0.39, 0.29) is 17.3 Å². The molecule has 0 atom stereocenters. The van der Waals surface area contributed by atoms with Crippen LogP contribution in [0.1, 0.15) is 12.8 Å². The first-order valence-corrected chi connectivity index (χ1v) is 4.72. The second-order valence-electron chi connectivity index (χ2n) is 3.66. The number of fused-ring (bicyclic) bond motifs is 1. The molecule has 1 aliphatic carbocycles. The first kappa shape index (κ1) is 8.46. The summed E-state index contributed by atoms with van der Waals surface area (Å²) in [6, 6.07) is 1.63. The third-order valence-corrected chi connectivity index (χ3v) is 2.37. The molecule has 0 saturated heterocycles. The molecule has 0 aromatic carbocycles. The molecule has 0 unspecified atom stereocenters. The van der Waals surface area contributed by atoms with Crippen LogP contribution in [-0.4, -0.2) is 16.2 Å². The summed E-state index contributed by atoms with van der Waals surface area (Å²) in [7, 11) is 0. The molecule has 0 amide bonds. The van der Waals surface area contributed by atoms with Crippen molar-refractivity contribution < 1.29 is 8.91 Å². The van der Waals surface area contributed by atoms with Gasteiger partial charge >= 0.3 is 0 Å². The molecular formula is C9H9FN4O. The Morgan fingerprint density at radius 1 is 1.53 bits per heavy atom. The van der Waals surface area contributed by atoms with Crippen LogP contribution in [0.4, 0.5) is 16.0 Å². The van der Waals surface area contributed by atoms with Gasteiger partial charge in [0.15, 0.2) is 17.5 Å². The molecule has 2 aromatic heterocycles. The van der Waals surface area contributed by atoms with E-state index >= 15 is 0 Å². The van der Waals surface area contributed by atoms with Crippen LogP contribution in [0.25, 0.3) is 11.1 Å². The van der Waals surface area contributed by atoms with Gasteiger partial charge in [0.05, 0.1) is 5.39 Å². The predicted octanol–water partition coefficient (Wildman–Crippen LogP) is 1.52. The number of pyridine rings is 1. The fourth-order valence-corrected chi connectivity index (χ4v) is 1.39. The van der Waals surface area contributed by atoms with Crippen molar-refractivity contribution in [3.63, 3.8) is 0 Å². The van der Waals surface area contributed by atoms with Crippen LogP contribution in [0, 0.1) is 5.82 Å². The quantitative estimate of drug-likeness (QED) is 0.782. The average Bonchev–Trinajstić information content (AvgIpc) is 2.95. The number of rotatable bonds is 2. The van der Waals surface area contributed by atoms with Gasteiger partial charge in [0.25, 0.3) is 5.71 Å². The summed E-state index contributed by atoms with van der Waals surface area (Å²) in [5, 5.41) is 6.90. The van der Waals surface area contributed by atoms with Crippen molar-refractivity contribution in [3.8, 4) is 0 Å². The maximum absolute atomic E-state index is 13.5. The Bertz CT molecular complexity index is 520. The monoisotopic (exact) mass is 208 g/mol. The van der Waals surface area contributed by atoms with Gasteiger partial charge in [-0.25, -0.2) is 4.39 Å². The van der Waals surface area contributed by atoms with Gasteiger partial charge < -0.3 is 15.6 Å². The fraction of sp³-hybridized carbons (Fsp3) is 0.333. The topological polar surface area (TPSA) is 77.0 Å². The summed E-state index contributed by atoms with van der Waals surface area (Å²) in [5.41, 5.74) is 5.74. The Morgan fingerprint density at radius 2 is 2.33 bits per heavy atom. The lowest BCUT2D eigenvalue weighted by molar-refractivity contribution is 0.452. The van der Waals surface area contributed by atoms with Gasteiger partial charge in [0.1, 0.15) is 0 Å². The molecule has 0 radical (unpaired) electrons. The van der Waals surface area contributed by atoms with Crippen molar-refractivity contribution in [1.82, 2.24) is 10.1 Å². The SMILES string of the molecule is Nc1noc2nc(NC3CC3)c(F)cc12. The molecular weight excluding hydrogens is 199 g/mol. The Morgan fingerprint density at radius 3 is 3.07 bits per heavy atom. The van der Waals surface area contributed by atoms with E-state index in [0.29, 0.717) is 11.4 Å². The Balaban J connectivity index is 2.09. The Kier molecular flexibility index (Phi) is 1.59. The highest BCUT2D eigenvalue weighted by Crippen LogP contribution is 2.28. The van der Waals surface area contributed by atoms with E-state index in [1.807, 2.05) is 0 Å². The summed E-state index contributed by atoms with van der Waals surface area (Å²) in [6.45, 7) is 0. The minimum absolute atomic E-state index is 0.161. The fourth-order valence-electron chi connectivity index (χ4n) is 1.39. The minimum Gasteiger partial charge on any atom is -0.380 e. The summed E-state index contributed by atoms with van der Waals surface area (Å²) in [6.07, 6.45) is 2.11. The van der Waals surface area contributed by atoms with Crippen molar-refractivity contribution in [3.05, 3.63) is 11.9 Å². The Labute approximate surface area is 84.4 Å². The van der Waals surface area contributed by atoms with Gasteiger partial charge in [0, 0.05) is 6.04 Å². The van der Waals surface area contributed by atoms with E-state index in [1.165, 1.54) is 6.07 Å². The lowest BCUT2D eigenvalue weighted by Gasteiger charge is -2.03. The lowest BCUT2D eigenvalue weighted by Crippen LogP contribution is -2.05. The normalized spacial score (nSPS) is 15.8. The molecule has 0 aliphatic heterocycles. The first-order chi connectivity index (χ1) is 7.24. The van der Waals surface area contributed by atoms with Gasteiger partial charge in [-0.3, -0.25) is 0 Å². The van der Waals surface area contributed by atoms with Crippen molar-refractivity contribution in [2.45, 2.75) is 18.9 Å². The molecule has 15 heavy (non-hydrogen) atoms. The lowest BCUT2D eigenvalue weighted by atomic mass is 10.3. The van der Waals surface area contributed by atoms with Gasteiger partial charge in [-0.2, -0.15) is 4.98 Å². The van der Waals surface area contributed by atoms with E-state index in [1.54, 1.807) is 0 Å². The van der Waals surface area contributed by atoms with Crippen LogP contribution in [0.15, 0.2) is 10.6 Å². The zero-order valence-electron chi connectivity index (χ0n) is 7.83. The van der Waals surface area contributed by atoms with Crippen molar-refractivity contribution in [1.29, 1.82) is 0 Å². The van der Waals surface area contributed by atoms with Crippen molar-refractivity contribution in [2.75, 3.05) is 11.1 Å². The zero-order valence-corrected chi connectivity index (χ0v) is 7.83. The molecule has 0 spiro atoms. The minimum atomic E-state index is -0.427. The zero-order chi connectivity index (χ0) is 10.4. The number of nitrogens with one attached hydrogen (secondary N) is 1. The van der Waals surface area contributed by atoms with Crippen LogP contribution in [0.5, 0.6) is 0 Å². The van der Waals surface area contributed by atoms with E-state index in [2.05, 4.69) is 15.5 Å². The highest BCUT2D eigenvalue weighted by molar-refractivity contribution is 5.85. The number of hydrogen-bond donors (Lipinski definition) is 2. The first-order valence-electron chi connectivity index (χ1n) is 4.72. The smallest absolute Gasteiger partial charge is 0.262 e. The molecule has 1 aliphatic rings. The van der Waals surface area contributed by atoms with Crippen LogP contribution in [0.3, 0.4) is 0 Å². The molecule has 1 fully saturated rings. The van der Waals surface area contributed by atoms with Gasteiger partial charge in [-0.15, -0.1) is 0 Å². The molecule has 5 nitrogen and oxygen atoms in total. The number of hydrogen-bond acceptors (Lipinski definition) is 5. The van der Waals surface area contributed by atoms with Crippen LogP contribution in [0.2, 0.25) is 0 Å². The summed E-state index contributed by atoms with van der Waals surface area (Å²) >= 11 is 0. The maximum Gasteiger partial charge on any atom is 0.262 e. The van der Waals surface area contributed by atoms with Crippen LogP contribution < -0.4 is 11.1 Å². The second-order valence-corrected chi connectivity index (χ2v) is 3.66. The summed E-state index contributed by atoms with van der Waals surface area (Å²) < 4.78 is 18.4. The number of nitrogens with zero attached hydrogens (tertiary/aromatic N) is 2. The molecule has 3 rings (SSSR count). The molecule has 1 saturated carbocycles. The summed E-state index contributed by atoms with van der Waals surface area (Å²) in [4.78, 5) is 3.98. The molecule has 6 heteroatoms. The number of anilines is 2. The third-order valence-electron chi connectivity index (χ3n) is 2.37. The van der Waals surface area contributed by atoms with E-state index in [4.69, 9.17) is 10.3 Å². The average molecular weight is 208 g/mol. The van der Waals surface area contributed by atoms with Gasteiger partial charge in [-0.1, -0.05) is 5.16 Å². The molecule has 2 aromatic rings. The summed E-state index contributed by atoms with van der Waals surface area (Å²) in [5.74, 6) is -0.0557. The van der Waals surface area contributed by atoms with E-state index < -0.39 is 5.82 Å². The second kappa shape index (κ2) is 2.82. The number of halogens is 1. The Hall–Kier alpha value is -1.85. The standard InChI is InChI=1S/C9H9FN4O/c10-6-3-5-7(11)14-15-9(5)13-8(6)12-4-1-2-4/h3-4H,1-2H2,(H2,11,14)(H,12,13). The van der Waals surface area contributed by atoms with Crippen molar-refractivity contribution >= 4 is 22.7 Å². The third kappa shape index (κ3) is 1.38. The maximum atomic E-state index is 13.5. The van der Waals surface area contributed by atoms with Crippen LogP contribution in [-0.2, 0) is 0 Å². The molecule has 2 heterocycles. The predicted molar refractivity (Wildman–Crippen MR) is 52.8 cm³/mol. The molecule has 3 N–H and O–H groups in total. The molecule has 0 bridgehead atoms. The van der Waals surface area contributed by atoms with Crippen molar-refractivity contribution in [2.24, 2.45) is 0 Å². The number of nitrogen functional groups attached to an aromatic ring is 1. The van der Waals surface area contributed by atoms with Gasteiger partial charge in [-0.05, 0) is 18.9 Å². The number of aromatic nitrogens is 2.